The summed E-state index contributed by atoms with van der Waals surface area (Å²) in [6.07, 6.45) is 1.69. The number of benzene rings is 3. The molecule has 0 fully saturated rings. The van der Waals surface area contributed by atoms with Crippen molar-refractivity contribution in [3.05, 3.63) is 104 Å². The topological polar surface area (TPSA) is 42.4 Å². The van der Waals surface area contributed by atoms with E-state index in [0.717, 1.165) is 26.7 Å². The number of hydrogen-bond acceptors (Lipinski definition) is 3. The maximum Gasteiger partial charge on any atom is 0.256 e. The normalized spacial score (nSPS) is 15.3. The summed E-state index contributed by atoms with van der Waals surface area (Å²) in [5.41, 5.74) is 3.49. The lowest BCUT2D eigenvalue weighted by atomic mass is 9.95. The number of fused-ring (bicyclic) bond motifs is 3. The van der Waals surface area contributed by atoms with E-state index in [1.54, 1.807) is 24.3 Å². The number of hydrogen-bond donors (Lipinski definition) is 0. The minimum Gasteiger partial charge on any atom is -0.497 e. The first-order chi connectivity index (χ1) is 15.5. The number of halogens is 3. The average molecular weight is 512 g/mol. The SMILES string of the molecule is COc1ccc(CN2C(=O)c3c(c(Br)cc4ncccc34)C2c2cc(F)ccc2Cl)cc1. The fourth-order valence-electron chi connectivity index (χ4n) is 4.26. The van der Waals surface area contributed by atoms with E-state index in [-0.39, 0.29) is 5.91 Å². The fraction of sp³-hybridized carbons (Fsp3) is 0.120. The van der Waals surface area contributed by atoms with Crippen LogP contribution in [0.2, 0.25) is 5.02 Å². The number of carbonyl (C=O) groups excluding carboxylic acids is 1. The van der Waals surface area contributed by atoms with Gasteiger partial charge >= 0.3 is 0 Å². The molecule has 32 heavy (non-hydrogen) atoms. The van der Waals surface area contributed by atoms with Crippen LogP contribution in [-0.2, 0) is 6.54 Å². The molecule has 4 aromatic rings. The molecule has 1 amide bonds. The zero-order chi connectivity index (χ0) is 22.4. The highest BCUT2D eigenvalue weighted by Crippen LogP contribution is 2.47. The Hall–Kier alpha value is -2.96. The highest BCUT2D eigenvalue weighted by molar-refractivity contribution is 9.10. The van der Waals surface area contributed by atoms with E-state index in [2.05, 4.69) is 20.9 Å². The Kier molecular flexibility index (Phi) is 5.35. The van der Waals surface area contributed by atoms with Crippen LogP contribution in [-0.4, -0.2) is 22.9 Å². The second-order valence-electron chi connectivity index (χ2n) is 7.57. The molecule has 3 aromatic carbocycles. The van der Waals surface area contributed by atoms with Gasteiger partial charge in [-0.15, -0.1) is 0 Å². The number of aromatic nitrogens is 1. The van der Waals surface area contributed by atoms with Crippen molar-refractivity contribution >= 4 is 44.3 Å². The summed E-state index contributed by atoms with van der Waals surface area (Å²) in [5, 5.41) is 1.15. The molecule has 0 radical (unpaired) electrons. The summed E-state index contributed by atoms with van der Waals surface area (Å²) in [7, 11) is 1.61. The van der Waals surface area contributed by atoms with Gasteiger partial charge in [0.2, 0.25) is 0 Å². The van der Waals surface area contributed by atoms with Gasteiger partial charge in [0, 0.05) is 38.8 Å². The molecule has 0 saturated carbocycles. The third-order valence-electron chi connectivity index (χ3n) is 5.72. The molecule has 0 bridgehead atoms. The molecule has 0 saturated heterocycles. The van der Waals surface area contributed by atoms with Crippen LogP contribution in [0.1, 0.15) is 33.1 Å². The number of pyridine rings is 1. The van der Waals surface area contributed by atoms with E-state index in [1.165, 1.54) is 18.2 Å². The van der Waals surface area contributed by atoms with E-state index in [0.29, 0.717) is 28.2 Å². The zero-order valence-electron chi connectivity index (χ0n) is 17.0. The first-order valence-electron chi connectivity index (χ1n) is 9.94. The Morgan fingerprint density at radius 3 is 2.69 bits per heavy atom. The number of amides is 1. The predicted molar refractivity (Wildman–Crippen MR) is 126 cm³/mol. The first-order valence-corrected chi connectivity index (χ1v) is 11.1. The van der Waals surface area contributed by atoms with E-state index in [9.17, 15) is 9.18 Å². The third kappa shape index (κ3) is 3.44. The molecule has 1 unspecified atom stereocenters. The zero-order valence-corrected chi connectivity index (χ0v) is 19.3. The van der Waals surface area contributed by atoms with Crippen LogP contribution in [0.15, 0.2) is 71.3 Å². The van der Waals surface area contributed by atoms with Gasteiger partial charge in [-0.1, -0.05) is 45.7 Å². The fourth-order valence-corrected chi connectivity index (χ4v) is 5.11. The van der Waals surface area contributed by atoms with Gasteiger partial charge in [0.05, 0.1) is 24.2 Å². The molecule has 0 N–H and O–H groups in total. The van der Waals surface area contributed by atoms with Gasteiger partial charge in [-0.25, -0.2) is 4.39 Å². The van der Waals surface area contributed by atoms with Crippen LogP contribution < -0.4 is 4.74 Å². The molecule has 1 atom stereocenters. The third-order valence-corrected chi connectivity index (χ3v) is 6.72. The van der Waals surface area contributed by atoms with Crippen molar-refractivity contribution in [3.63, 3.8) is 0 Å². The number of ether oxygens (including phenoxy) is 1. The average Bonchev–Trinajstić information content (AvgIpc) is 3.09. The quantitative estimate of drug-likeness (QED) is 0.312. The van der Waals surface area contributed by atoms with Crippen molar-refractivity contribution in [2.45, 2.75) is 12.6 Å². The minimum atomic E-state index is -0.554. The van der Waals surface area contributed by atoms with Gasteiger partial charge in [-0.3, -0.25) is 9.78 Å². The van der Waals surface area contributed by atoms with E-state index < -0.39 is 11.9 Å². The molecule has 1 aliphatic heterocycles. The molecule has 4 nitrogen and oxygen atoms in total. The van der Waals surface area contributed by atoms with Crippen LogP contribution in [0.4, 0.5) is 4.39 Å². The summed E-state index contributed by atoms with van der Waals surface area (Å²) in [6.45, 7) is 0.323. The van der Waals surface area contributed by atoms with Crippen molar-refractivity contribution in [1.82, 2.24) is 9.88 Å². The van der Waals surface area contributed by atoms with Crippen LogP contribution in [0, 0.1) is 5.82 Å². The second kappa shape index (κ2) is 8.19. The van der Waals surface area contributed by atoms with Crippen LogP contribution >= 0.6 is 27.5 Å². The minimum absolute atomic E-state index is 0.152. The van der Waals surface area contributed by atoms with Gasteiger partial charge in [-0.05, 0) is 48.0 Å². The van der Waals surface area contributed by atoms with Gasteiger partial charge in [0.15, 0.2) is 0 Å². The second-order valence-corrected chi connectivity index (χ2v) is 8.83. The van der Waals surface area contributed by atoms with Crippen LogP contribution in [0.3, 0.4) is 0 Å². The first kappa shape index (κ1) is 20.9. The van der Waals surface area contributed by atoms with E-state index in [4.69, 9.17) is 16.3 Å². The van der Waals surface area contributed by atoms with Crippen molar-refractivity contribution in [2.75, 3.05) is 7.11 Å². The van der Waals surface area contributed by atoms with Gasteiger partial charge in [-0.2, -0.15) is 0 Å². The number of rotatable bonds is 4. The highest BCUT2D eigenvalue weighted by atomic mass is 79.9. The van der Waals surface area contributed by atoms with Gasteiger partial charge in [0.25, 0.3) is 5.91 Å². The van der Waals surface area contributed by atoms with Crippen molar-refractivity contribution in [2.24, 2.45) is 0 Å². The molecule has 7 heteroatoms. The largest absolute Gasteiger partial charge is 0.497 e. The lowest BCUT2D eigenvalue weighted by Gasteiger charge is -2.27. The van der Waals surface area contributed by atoms with Crippen LogP contribution in [0.5, 0.6) is 5.75 Å². The smallest absolute Gasteiger partial charge is 0.256 e. The number of carbonyl (C=O) groups is 1. The standard InChI is InChI=1S/C25H17BrClFN2O2/c1-32-16-7-4-14(5-8-16)13-30-24(18-11-15(28)6-9-20(18)27)23-19(26)12-21-17(3-2-10-29-21)22(23)25(30)31/h2-12,24H,13H2,1H3. The van der Waals surface area contributed by atoms with E-state index >= 15 is 0 Å². The highest BCUT2D eigenvalue weighted by Gasteiger charge is 2.41. The molecule has 5 rings (SSSR count). The molecular formula is C25H17BrClFN2O2. The summed E-state index contributed by atoms with van der Waals surface area (Å²) < 4.78 is 20.2. The Morgan fingerprint density at radius 2 is 1.94 bits per heavy atom. The predicted octanol–water partition coefficient (Wildman–Crippen LogP) is 6.54. The lowest BCUT2D eigenvalue weighted by molar-refractivity contribution is 0.0737. The maximum absolute atomic E-state index is 14.3. The van der Waals surface area contributed by atoms with Gasteiger partial charge in [0.1, 0.15) is 11.6 Å². The molecular weight excluding hydrogens is 495 g/mol. The summed E-state index contributed by atoms with van der Waals surface area (Å²) in [5.74, 6) is 0.169. The van der Waals surface area contributed by atoms with E-state index in [1.807, 2.05) is 36.4 Å². The lowest BCUT2D eigenvalue weighted by Crippen LogP contribution is -2.28. The van der Waals surface area contributed by atoms with Crippen molar-refractivity contribution in [3.8, 4) is 5.75 Å². The molecule has 160 valence electrons. The van der Waals surface area contributed by atoms with Gasteiger partial charge < -0.3 is 9.64 Å². The molecule has 2 heterocycles. The molecule has 1 aliphatic rings. The molecule has 0 aliphatic carbocycles. The summed E-state index contributed by atoms with van der Waals surface area (Å²) >= 11 is 10.2. The summed E-state index contributed by atoms with van der Waals surface area (Å²) in [4.78, 5) is 19.9. The Labute approximate surface area is 197 Å². The number of methoxy groups -OCH3 is 1. The monoisotopic (exact) mass is 510 g/mol. The number of nitrogens with zero attached hydrogens (tertiary/aromatic N) is 2. The molecule has 1 aromatic heterocycles. The van der Waals surface area contributed by atoms with Crippen molar-refractivity contribution in [1.29, 1.82) is 0 Å². The van der Waals surface area contributed by atoms with Crippen molar-refractivity contribution < 1.29 is 13.9 Å². The maximum atomic E-state index is 14.3. The van der Waals surface area contributed by atoms with Crippen LogP contribution in [0.25, 0.3) is 10.9 Å². The Balaban J connectivity index is 1.72. The Morgan fingerprint density at radius 1 is 1.16 bits per heavy atom. The Bertz CT molecular complexity index is 1360. The molecule has 0 spiro atoms. The summed E-state index contributed by atoms with van der Waals surface area (Å²) in [6, 6.07) is 16.8.